The van der Waals surface area contributed by atoms with Gasteiger partial charge in [-0.1, -0.05) is 6.07 Å². The molecule has 138 valence electrons. The average Bonchev–Trinajstić information content (AvgIpc) is 2.65. The molecule has 0 radical (unpaired) electrons. The predicted molar refractivity (Wildman–Crippen MR) is 102 cm³/mol. The minimum absolute atomic E-state index is 0.0858. The SMILES string of the molecule is CCO[SiH2]CCCNC(=O)c1cc([N+](=O)[O-])ccc1Cc1ccncc1. The summed E-state index contributed by atoms with van der Waals surface area (Å²) in [4.78, 5) is 27.1. The minimum atomic E-state index is -0.507. The maximum Gasteiger partial charge on any atom is 0.270 e. The van der Waals surface area contributed by atoms with E-state index in [0.717, 1.165) is 30.2 Å². The zero-order valence-electron chi connectivity index (χ0n) is 14.8. The molecule has 1 amide bonds. The molecule has 1 heterocycles. The molecule has 1 aromatic heterocycles. The monoisotopic (exact) mass is 373 g/mol. The van der Waals surface area contributed by atoms with Gasteiger partial charge in [0.2, 0.25) is 0 Å². The Balaban J connectivity index is 2.08. The van der Waals surface area contributed by atoms with Crippen molar-refractivity contribution in [2.75, 3.05) is 13.2 Å². The van der Waals surface area contributed by atoms with Crippen LogP contribution in [0.15, 0.2) is 42.7 Å². The van der Waals surface area contributed by atoms with Gasteiger partial charge in [0.15, 0.2) is 9.76 Å². The number of pyridine rings is 1. The molecule has 0 aliphatic rings. The van der Waals surface area contributed by atoms with E-state index in [9.17, 15) is 14.9 Å². The Kier molecular flexibility index (Phi) is 7.91. The van der Waals surface area contributed by atoms with Gasteiger partial charge in [0.05, 0.1) is 4.92 Å². The number of carbonyl (C=O) groups is 1. The van der Waals surface area contributed by atoms with Gasteiger partial charge in [-0.05, 0) is 49.1 Å². The van der Waals surface area contributed by atoms with Crippen molar-refractivity contribution in [3.63, 3.8) is 0 Å². The fourth-order valence-corrected chi connectivity index (χ4v) is 3.48. The Bertz CT molecular complexity index is 740. The van der Waals surface area contributed by atoms with Gasteiger partial charge in [-0.15, -0.1) is 0 Å². The van der Waals surface area contributed by atoms with Crippen molar-refractivity contribution in [3.05, 3.63) is 69.5 Å². The third-order valence-electron chi connectivity index (χ3n) is 3.90. The molecule has 1 N–H and O–H groups in total. The van der Waals surface area contributed by atoms with Crippen LogP contribution >= 0.6 is 0 Å². The van der Waals surface area contributed by atoms with Crippen molar-refractivity contribution in [3.8, 4) is 0 Å². The molecule has 8 heteroatoms. The summed E-state index contributed by atoms with van der Waals surface area (Å²) in [7, 11) is -0.507. The van der Waals surface area contributed by atoms with Crippen molar-refractivity contribution in [2.24, 2.45) is 0 Å². The smallest absolute Gasteiger partial charge is 0.270 e. The first-order valence-electron chi connectivity index (χ1n) is 8.64. The Morgan fingerprint density at radius 3 is 2.77 bits per heavy atom. The molecule has 26 heavy (non-hydrogen) atoms. The second-order valence-electron chi connectivity index (χ2n) is 5.79. The van der Waals surface area contributed by atoms with Crippen LogP contribution in [0.4, 0.5) is 5.69 Å². The summed E-state index contributed by atoms with van der Waals surface area (Å²) >= 11 is 0. The van der Waals surface area contributed by atoms with Gasteiger partial charge in [0, 0.05) is 43.2 Å². The third-order valence-corrected chi connectivity index (χ3v) is 5.38. The summed E-state index contributed by atoms with van der Waals surface area (Å²) in [5.74, 6) is -0.282. The zero-order valence-corrected chi connectivity index (χ0v) is 16.2. The maximum atomic E-state index is 12.6. The van der Waals surface area contributed by atoms with E-state index in [1.54, 1.807) is 18.5 Å². The normalized spacial score (nSPS) is 11.0. The first-order valence-corrected chi connectivity index (χ1v) is 10.2. The van der Waals surface area contributed by atoms with Crippen LogP contribution in [0, 0.1) is 10.1 Å². The predicted octanol–water partition coefficient (Wildman–Crippen LogP) is 2.24. The molecule has 0 bridgehead atoms. The number of carbonyl (C=O) groups excluding carboxylic acids is 1. The number of hydrogen-bond donors (Lipinski definition) is 1. The second-order valence-corrected chi connectivity index (χ2v) is 7.31. The molecule has 0 fully saturated rings. The summed E-state index contributed by atoms with van der Waals surface area (Å²) in [5.41, 5.74) is 2.00. The van der Waals surface area contributed by atoms with E-state index in [2.05, 4.69) is 10.3 Å². The van der Waals surface area contributed by atoms with Gasteiger partial charge in [-0.2, -0.15) is 0 Å². The standard InChI is InChI=1S/C18H23N3O4Si/c1-2-25-26-11-3-8-20-18(22)17-13-16(21(23)24)5-4-15(17)12-14-6-9-19-10-7-14/h4-7,9-10,13H,2-3,8,11-12,26H2,1H3,(H,20,22). The number of nitro groups is 1. The van der Waals surface area contributed by atoms with Crippen LogP contribution < -0.4 is 5.32 Å². The Morgan fingerprint density at radius 2 is 2.08 bits per heavy atom. The highest BCUT2D eigenvalue weighted by Crippen LogP contribution is 2.20. The number of rotatable bonds is 10. The van der Waals surface area contributed by atoms with Crippen LogP contribution in [0.3, 0.4) is 0 Å². The number of non-ortho nitro benzene ring substituents is 1. The van der Waals surface area contributed by atoms with Crippen LogP contribution in [0.25, 0.3) is 0 Å². The lowest BCUT2D eigenvalue weighted by Gasteiger charge is -2.10. The van der Waals surface area contributed by atoms with Crippen molar-refractivity contribution in [1.82, 2.24) is 10.3 Å². The largest absolute Gasteiger partial charge is 0.424 e. The molecule has 0 atom stereocenters. The number of hydrogen-bond acceptors (Lipinski definition) is 5. The van der Waals surface area contributed by atoms with Gasteiger partial charge >= 0.3 is 0 Å². The number of nitrogens with one attached hydrogen (secondary N) is 1. The Hall–Kier alpha value is -2.58. The van der Waals surface area contributed by atoms with Crippen LogP contribution in [-0.2, 0) is 10.8 Å². The summed E-state index contributed by atoms with van der Waals surface area (Å²) < 4.78 is 5.40. The molecular weight excluding hydrogens is 350 g/mol. The van der Waals surface area contributed by atoms with Crippen LogP contribution in [0.2, 0.25) is 6.04 Å². The van der Waals surface area contributed by atoms with Crippen molar-refractivity contribution in [1.29, 1.82) is 0 Å². The highest BCUT2D eigenvalue weighted by molar-refractivity contribution is 6.26. The number of nitro benzene ring substituents is 1. The zero-order chi connectivity index (χ0) is 18.8. The maximum absolute atomic E-state index is 12.6. The molecule has 7 nitrogen and oxygen atoms in total. The average molecular weight is 373 g/mol. The lowest BCUT2D eigenvalue weighted by Crippen LogP contribution is -2.26. The van der Waals surface area contributed by atoms with Gasteiger partial charge < -0.3 is 9.74 Å². The number of benzene rings is 1. The molecule has 2 aromatic rings. The molecule has 2 rings (SSSR count). The van der Waals surface area contributed by atoms with Crippen molar-refractivity contribution >= 4 is 21.4 Å². The summed E-state index contributed by atoms with van der Waals surface area (Å²) in [6.07, 6.45) is 4.73. The lowest BCUT2D eigenvalue weighted by atomic mass is 9.99. The highest BCUT2D eigenvalue weighted by Gasteiger charge is 2.16. The first-order chi connectivity index (χ1) is 12.6. The second kappa shape index (κ2) is 10.4. The van der Waals surface area contributed by atoms with Gasteiger partial charge in [0.25, 0.3) is 11.6 Å². The molecule has 0 spiro atoms. The molecule has 1 aromatic carbocycles. The summed E-state index contributed by atoms with van der Waals surface area (Å²) in [6.45, 7) is 3.25. The van der Waals surface area contributed by atoms with E-state index in [-0.39, 0.29) is 11.6 Å². The lowest BCUT2D eigenvalue weighted by molar-refractivity contribution is -0.384. The van der Waals surface area contributed by atoms with E-state index >= 15 is 0 Å². The number of nitrogens with zero attached hydrogens (tertiary/aromatic N) is 2. The van der Waals surface area contributed by atoms with Crippen LogP contribution in [0.5, 0.6) is 0 Å². The van der Waals surface area contributed by atoms with E-state index in [4.69, 9.17) is 4.43 Å². The quantitative estimate of drug-likeness (QED) is 0.298. The van der Waals surface area contributed by atoms with Crippen LogP contribution in [-0.4, -0.2) is 38.7 Å². The van der Waals surface area contributed by atoms with Crippen molar-refractivity contribution in [2.45, 2.75) is 25.8 Å². The Labute approximate surface area is 154 Å². The third kappa shape index (κ3) is 6.05. The summed E-state index contributed by atoms with van der Waals surface area (Å²) in [6, 6.07) is 9.15. The molecule has 0 aliphatic carbocycles. The minimum Gasteiger partial charge on any atom is -0.424 e. The first kappa shape index (κ1) is 19.7. The van der Waals surface area contributed by atoms with E-state index in [0.29, 0.717) is 18.5 Å². The number of amides is 1. The molecule has 0 aliphatic heterocycles. The number of aromatic nitrogens is 1. The van der Waals surface area contributed by atoms with Gasteiger partial charge in [-0.25, -0.2) is 0 Å². The Morgan fingerprint density at radius 1 is 1.31 bits per heavy atom. The molecular formula is C18H23N3O4Si. The van der Waals surface area contributed by atoms with Gasteiger partial charge in [0.1, 0.15) is 0 Å². The highest BCUT2D eigenvalue weighted by atomic mass is 28.2. The molecule has 0 unspecified atom stereocenters. The van der Waals surface area contributed by atoms with Gasteiger partial charge in [-0.3, -0.25) is 19.9 Å². The fraction of sp³-hybridized carbons (Fsp3) is 0.333. The van der Waals surface area contributed by atoms with E-state index in [1.807, 2.05) is 19.1 Å². The van der Waals surface area contributed by atoms with Crippen molar-refractivity contribution < 1.29 is 14.1 Å². The molecule has 0 saturated carbocycles. The van der Waals surface area contributed by atoms with E-state index in [1.165, 1.54) is 12.1 Å². The topological polar surface area (TPSA) is 94.4 Å². The van der Waals surface area contributed by atoms with E-state index < -0.39 is 14.7 Å². The van der Waals surface area contributed by atoms with Crippen LogP contribution in [0.1, 0.15) is 34.8 Å². The molecule has 0 saturated heterocycles. The summed E-state index contributed by atoms with van der Waals surface area (Å²) in [5, 5.41) is 13.9. The fourth-order valence-electron chi connectivity index (χ4n) is 2.53.